The molecule has 0 amide bonds. The molecule has 0 saturated carbocycles. The minimum Gasteiger partial charge on any atom is -0.402 e. The summed E-state index contributed by atoms with van der Waals surface area (Å²) < 4.78 is 4.73. The van der Waals surface area contributed by atoms with Crippen molar-refractivity contribution in [1.29, 1.82) is 0 Å². The van der Waals surface area contributed by atoms with Gasteiger partial charge in [-0.1, -0.05) is 13.0 Å². The van der Waals surface area contributed by atoms with Crippen LogP contribution in [0.4, 0.5) is 0 Å². The van der Waals surface area contributed by atoms with Crippen LogP contribution in [0.5, 0.6) is 5.88 Å². The maximum atomic E-state index is 11.1. The van der Waals surface area contributed by atoms with Crippen LogP contribution >= 0.6 is 0 Å². The molecule has 0 aliphatic rings. The van der Waals surface area contributed by atoms with Crippen molar-refractivity contribution in [1.82, 2.24) is 4.98 Å². The van der Waals surface area contributed by atoms with E-state index >= 15 is 0 Å². The zero-order valence-electron chi connectivity index (χ0n) is 7.90. The Hall–Kier alpha value is -1.71. The summed E-state index contributed by atoms with van der Waals surface area (Å²) in [5.41, 5.74) is 0. The molecule has 0 bridgehead atoms. The molecule has 1 heterocycles. The number of rotatable bonds is 4. The van der Waals surface area contributed by atoms with E-state index in [1.807, 2.05) is 6.92 Å². The first-order chi connectivity index (χ1) is 6.74. The van der Waals surface area contributed by atoms with Gasteiger partial charge in [0.15, 0.2) is 0 Å². The van der Waals surface area contributed by atoms with E-state index in [4.69, 9.17) is 4.74 Å². The number of nitrogens with zero attached hydrogens (tertiary/aromatic N) is 1. The lowest BCUT2D eigenvalue weighted by Gasteiger charge is -2.00. The van der Waals surface area contributed by atoms with E-state index in [1.54, 1.807) is 12.1 Å². The summed E-state index contributed by atoms with van der Waals surface area (Å²) in [6, 6.07) is 4.90. The van der Waals surface area contributed by atoms with Crippen molar-refractivity contribution in [2.45, 2.75) is 19.8 Å². The third-order valence-corrected chi connectivity index (χ3v) is 1.54. The Labute approximate surface area is 81.9 Å². The van der Waals surface area contributed by atoms with E-state index in [1.165, 1.54) is 12.3 Å². The average molecular weight is 193 g/mol. The van der Waals surface area contributed by atoms with Crippen LogP contribution in [-0.2, 0) is 9.59 Å². The molecule has 1 aromatic rings. The molecule has 0 unspecified atom stereocenters. The number of hydrogen-bond donors (Lipinski definition) is 0. The molecule has 0 radical (unpaired) electrons. The second-order valence-electron chi connectivity index (χ2n) is 2.73. The summed E-state index contributed by atoms with van der Waals surface area (Å²) >= 11 is 0. The predicted molar refractivity (Wildman–Crippen MR) is 49.8 cm³/mol. The Balaban J connectivity index is 2.53. The van der Waals surface area contributed by atoms with Gasteiger partial charge in [-0.3, -0.25) is 4.79 Å². The molecule has 1 aromatic heterocycles. The molecule has 4 heteroatoms. The van der Waals surface area contributed by atoms with Crippen LogP contribution in [0.25, 0.3) is 0 Å². The van der Waals surface area contributed by atoms with Gasteiger partial charge in [-0.25, -0.2) is 9.78 Å². The fourth-order valence-corrected chi connectivity index (χ4v) is 0.888. The summed E-state index contributed by atoms with van der Waals surface area (Å²) in [6.07, 6.45) is 2.34. The molecule has 0 spiro atoms. The second-order valence-corrected chi connectivity index (χ2v) is 2.73. The Morgan fingerprint density at radius 1 is 1.43 bits per heavy atom. The third kappa shape index (κ3) is 2.97. The average Bonchev–Trinajstić information content (AvgIpc) is 2.19. The van der Waals surface area contributed by atoms with Crippen molar-refractivity contribution in [2.24, 2.45) is 0 Å². The molecule has 14 heavy (non-hydrogen) atoms. The molecule has 74 valence electrons. The Morgan fingerprint density at radius 3 is 2.79 bits per heavy atom. The largest absolute Gasteiger partial charge is 0.402 e. The molecule has 0 fully saturated rings. The summed E-state index contributed by atoms with van der Waals surface area (Å²) in [4.78, 5) is 25.9. The van der Waals surface area contributed by atoms with E-state index in [-0.39, 0.29) is 12.3 Å². The molecule has 0 atom stereocenters. The maximum Gasteiger partial charge on any atom is 0.381 e. The Morgan fingerprint density at radius 2 is 2.21 bits per heavy atom. The van der Waals surface area contributed by atoms with Gasteiger partial charge in [0.05, 0.1) is 0 Å². The highest BCUT2D eigenvalue weighted by Crippen LogP contribution is 2.04. The maximum absolute atomic E-state index is 11.1. The molecule has 0 aliphatic heterocycles. The number of carbonyl (C=O) groups is 2. The van der Waals surface area contributed by atoms with Crippen LogP contribution in [0, 0.1) is 0 Å². The minimum atomic E-state index is -0.842. The van der Waals surface area contributed by atoms with Crippen molar-refractivity contribution < 1.29 is 14.3 Å². The smallest absolute Gasteiger partial charge is 0.381 e. The van der Waals surface area contributed by atoms with Crippen molar-refractivity contribution in [3.8, 4) is 5.88 Å². The van der Waals surface area contributed by atoms with Gasteiger partial charge < -0.3 is 4.74 Å². The zero-order valence-corrected chi connectivity index (χ0v) is 7.90. The van der Waals surface area contributed by atoms with Crippen LogP contribution in [0.15, 0.2) is 24.4 Å². The lowest BCUT2D eigenvalue weighted by molar-refractivity contribution is -0.147. The summed E-state index contributed by atoms with van der Waals surface area (Å²) in [5, 5.41) is 0. The number of Topliss-reactive ketones (excluding diaryl/α,β-unsaturated/α-hetero) is 1. The predicted octanol–water partition coefficient (Wildman–Crippen LogP) is 1.36. The van der Waals surface area contributed by atoms with E-state index in [9.17, 15) is 9.59 Å². The summed E-state index contributed by atoms with van der Waals surface area (Å²) in [7, 11) is 0. The first-order valence-electron chi connectivity index (χ1n) is 4.40. The first kappa shape index (κ1) is 10.4. The van der Waals surface area contributed by atoms with Gasteiger partial charge in [-0.2, -0.15) is 0 Å². The number of pyridine rings is 1. The highest BCUT2D eigenvalue weighted by Gasteiger charge is 2.14. The van der Waals surface area contributed by atoms with Gasteiger partial charge in [0.2, 0.25) is 11.7 Å². The van der Waals surface area contributed by atoms with Crippen LogP contribution < -0.4 is 4.74 Å². The second kappa shape index (κ2) is 5.11. The molecule has 4 nitrogen and oxygen atoms in total. The highest BCUT2D eigenvalue weighted by molar-refractivity contribution is 6.34. The van der Waals surface area contributed by atoms with E-state index in [2.05, 4.69) is 4.98 Å². The van der Waals surface area contributed by atoms with Gasteiger partial charge in [-0.15, -0.1) is 0 Å². The molecule has 0 N–H and O–H groups in total. The first-order valence-corrected chi connectivity index (χ1v) is 4.40. The fraction of sp³-hybridized carbons (Fsp3) is 0.300. The van der Waals surface area contributed by atoms with Crippen molar-refractivity contribution in [3.05, 3.63) is 24.4 Å². The number of aromatic nitrogens is 1. The normalized spacial score (nSPS) is 9.50. The van der Waals surface area contributed by atoms with Crippen LogP contribution in [0.2, 0.25) is 0 Å². The van der Waals surface area contributed by atoms with E-state index in [0.717, 1.165) is 0 Å². The molecule has 0 saturated heterocycles. The minimum absolute atomic E-state index is 0.155. The molecule has 0 aliphatic carbocycles. The molecular weight excluding hydrogens is 182 g/mol. The zero-order chi connectivity index (χ0) is 10.4. The standard InChI is InChI=1S/C10H11NO3/c1-2-5-8(12)10(13)14-9-6-3-4-7-11-9/h3-4,6-7H,2,5H2,1H3. The quantitative estimate of drug-likeness (QED) is 0.535. The topological polar surface area (TPSA) is 56.3 Å². The number of esters is 1. The van der Waals surface area contributed by atoms with E-state index < -0.39 is 11.8 Å². The fourth-order valence-electron chi connectivity index (χ4n) is 0.888. The van der Waals surface area contributed by atoms with Crippen LogP contribution in [0.3, 0.4) is 0 Å². The van der Waals surface area contributed by atoms with Gasteiger partial charge >= 0.3 is 5.97 Å². The van der Waals surface area contributed by atoms with E-state index in [0.29, 0.717) is 6.42 Å². The monoisotopic (exact) mass is 193 g/mol. The van der Waals surface area contributed by atoms with Crippen LogP contribution in [0.1, 0.15) is 19.8 Å². The lowest BCUT2D eigenvalue weighted by atomic mass is 10.2. The van der Waals surface area contributed by atoms with Gasteiger partial charge in [0, 0.05) is 18.7 Å². The molecular formula is C10H11NO3. The Kier molecular flexibility index (Phi) is 3.79. The molecule has 0 aromatic carbocycles. The number of ketones is 1. The van der Waals surface area contributed by atoms with Crippen molar-refractivity contribution in [3.63, 3.8) is 0 Å². The SMILES string of the molecule is CCCC(=O)C(=O)Oc1ccccn1. The number of carbonyl (C=O) groups excluding carboxylic acids is 2. The number of ether oxygens (including phenoxy) is 1. The molecule has 1 rings (SSSR count). The van der Waals surface area contributed by atoms with Gasteiger partial charge in [-0.05, 0) is 12.5 Å². The van der Waals surface area contributed by atoms with Gasteiger partial charge in [0.25, 0.3) is 0 Å². The highest BCUT2D eigenvalue weighted by atomic mass is 16.5. The van der Waals surface area contributed by atoms with Crippen molar-refractivity contribution in [2.75, 3.05) is 0 Å². The third-order valence-electron chi connectivity index (χ3n) is 1.54. The summed E-state index contributed by atoms with van der Waals surface area (Å²) in [6.45, 7) is 1.83. The van der Waals surface area contributed by atoms with Crippen LogP contribution in [-0.4, -0.2) is 16.7 Å². The summed E-state index contributed by atoms with van der Waals surface area (Å²) in [5.74, 6) is -1.20. The Bertz CT molecular complexity index is 321. The van der Waals surface area contributed by atoms with Gasteiger partial charge in [0.1, 0.15) is 0 Å². The van der Waals surface area contributed by atoms with Crippen molar-refractivity contribution >= 4 is 11.8 Å². The number of hydrogen-bond acceptors (Lipinski definition) is 4. The lowest BCUT2D eigenvalue weighted by Crippen LogP contribution is -2.20.